The van der Waals surface area contributed by atoms with Crippen molar-refractivity contribution in [3.63, 3.8) is 0 Å². The molecular formula is C75H60N4. The molecule has 0 heterocycles. The molecule has 380 valence electrons. The maximum Gasteiger partial charge on any atom is 0.0464 e. The second-order valence-corrected chi connectivity index (χ2v) is 19.7. The lowest BCUT2D eigenvalue weighted by Gasteiger charge is -2.27. The van der Waals surface area contributed by atoms with Gasteiger partial charge in [0.25, 0.3) is 0 Å². The van der Waals surface area contributed by atoms with Crippen LogP contribution in [0.25, 0.3) is 33.4 Å². The van der Waals surface area contributed by atoms with Crippen molar-refractivity contribution >= 4 is 68.2 Å². The van der Waals surface area contributed by atoms with Crippen LogP contribution in [0, 0.1) is 0 Å². The van der Waals surface area contributed by atoms with Gasteiger partial charge >= 0.3 is 0 Å². The summed E-state index contributed by atoms with van der Waals surface area (Å²) in [5, 5.41) is 0. The topological polar surface area (TPSA) is 13.0 Å². The number of aryl methyl sites for hydroxylation is 1. The van der Waals surface area contributed by atoms with Crippen molar-refractivity contribution in [3.05, 3.63) is 327 Å². The summed E-state index contributed by atoms with van der Waals surface area (Å²) in [6.45, 7) is 2.24. The summed E-state index contributed by atoms with van der Waals surface area (Å²) >= 11 is 0. The van der Waals surface area contributed by atoms with E-state index in [0.717, 1.165) is 103 Å². The molecule has 0 atom stereocenters. The van der Waals surface area contributed by atoms with Gasteiger partial charge in [-0.25, -0.2) is 0 Å². The third-order valence-corrected chi connectivity index (χ3v) is 14.5. The van der Waals surface area contributed by atoms with Gasteiger partial charge in [-0.05, 0) is 191 Å². The molecule has 0 saturated carbocycles. The maximum absolute atomic E-state index is 2.38. The van der Waals surface area contributed by atoms with E-state index in [4.69, 9.17) is 0 Å². The van der Waals surface area contributed by atoms with Crippen LogP contribution in [0.15, 0.2) is 322 Å². The van der Waals surface area contributed by atoms with Crippen LogP contribution in [0.2, 0.25) is 0 Å². The van der Waals surface area contributed by atoms with Crippen molar-refractivity contribution in [2.45, 2.75) is 19.8 Å². The van der Waals surface area contributed by atoms with Crippen LogP contribution in [-0.4, -0.2) is 0 Å². The second kappa shape index (κ2) is 23.4. The van der Waals surface area contributed by atoms with Crippen molar-refractivity contribution in [1.82, 2.24) is 0 Å². The monoisotopic (exact) mass is 1020 g/mol. The molecule has 79 heavy (non-hydrogen) atoms. The number of para-hydroxylation sites is 5. The van der Waals surface area contributed by atoms with Gasteiger partial charge in [0.05, 0.1) is 0 Å². The Hall–Kier alpha value is -10.2. The normalized spacial score (nSPS) is 10.9. The molecule has 0 saturated heterocycles. The molecule has 0 aliphatic heterocycles. The smallest absolute Gasteiger partial charge is 0.0464 e. The number of benzene rings is 12. The van der Waals surface area contributed by atoms with Crippen molar-refractivity contribution in [2.75, 3.05) is 19.6 Å². The lowest BCUT2D eigenvalue weighted by Crippen LogP contribution is -2.10. The molecule has 12 aromatic carbocycles. The molecule has 0 N–H and O–H groups in total. The van der Waals surface area contributed by atoms with Gasteiger partial charge in [-0.1, -0.05) is 189 Å². The summed E-state index contributed by atoms with van der Waals surface area (Å²) in [6, 6.07) is 115. The first-order valence-corrected chi connectivity index (χ1v) is 27.3. The Labute approximate surface area is 465 Å². The van der Waals surface area contributed by atoms with Gasteiger partial charge in [-0.2, -0.15) is 0 Å². The van der Waals surface area contributed by atoms with Crippen LogP contribution in [0.1, 0.15) is 18.9 Å². The van der Waals surface area contributed by atoms with Gasteiger partial charge in [-0.3, -0.25) is 0 Å². The predicted molar refractivity (Wildman–Crippen MR) is 335 cm³/mol. The van der Waals surface area contributed by atoms with Gasteiger partial charge in [0, 0.05) is 68.2 Å². The van der Waals surface area contributed by atoms with Crippen LogP contribution >= 0.6 is 0 Å². The molecule has 12 aromatic rings. The highest BCUT2D eigenvalue weighted by molar-refractivity contribution is 5.84. The first-order chi connectivity index (χ1) is 39.1. The van der Waals surface area contributed by atoms with Gasteiger partial charge in [0.2, 0.25) is 0 Å². The highest BCUT2D eigenvalue weighted by atomic mass is 15.2. The molecule has 0 aliphatic carbocycles. The van der Waals surface area contributed by atoms with Crippen LogP contribution < -0.4 is 19.6 Å². The first-order valence-electron chi connectivity index (χ1n) is 27.3. The van der Waals surface area contributed by atoms with E-state index in [1.54, 1.807) is 0 Å². The van der Waals surface area contributed by atoms with Crippen molar-refractivity contribution < 1.29 is 0 Å². The van der Waals surface area contributed by atoms with Gasteiger partial charge < -0.3 is 19.6 Å². The van der Waals surface area contributed by atoms with E-state index in [-0.39, 0.29) is 0 Å². The standard InChI is InChI=1S/C75H60N4/c1-2-19-57-20-18-31-75(56-57)79(73-52-40-62(41-53-73)59-34-46-70(47-35-59)77(66-25-12-5-13-26-66)67-27-14-6-15-28-67)74-54-42-63(43-55-74)61-38-50-72(51-39-61)78(68-29-16-7-17-30-68)71-48-36-60(37-49-71)58-32-44-69(45-33-58)76(64-21-8-3-9-22-64)65-23-10-4-11-24-65/h3-18,20-56H,2,19H2,1H3. The zero-order valence-corrected chi connectivity index (χ0v) is 44.3. The van der Waals surface area contributed by atoms with E-state index in [1.807, 2.05) is 0 Å². The Bertz CT molecular complexity index is 3760. The summed E-state index contributed by atoms with van der Waals surface area (Å²) < 4.78 is 0. The van der Waals surface area contributed by atoms with E-state index in [1.165, 1.54) is 16.7 Å². The molecule has 0 fully saturated rings. The van der Waals surface area contributed by atoms with E-state index >= 15 is 0 Å². The third-order valence-electron chi connectivity index (χ3n) is 14.5. The van der Waals surface area contributed by atoms with Crippen LogP contribution in [0.4, 0.5) is 68.2 Å². The minimum absolute atomic E-state index is 1.03. The SMILES string of the molecule is CCCc1cccc(N(c2ccc(-c3ccc(N(c4ccccc4)c4ccccc4)cc3)cc2)c2ccc(-c3ccc(N(c4ccccc4)c4ccc(-c5ccc(N(c6ccccc6)c6ccccc6)cc5)cc4)cc3)cc2)c1. The minimum Gasteiger partial charge on any atom is -0.311 e. The van der Waals surface area contributed by atoms with Crippen molar-refractivity contribution in [3.8, 4) is 33.4 Å². The molecule has 0 unspecified atom stereocenters. The zero-order valence-electron chi connectivity index (χ0n) is 44.3. The van der Waals surface area contributed by atoms with Gasteiger partial charge in [0.15, 0.2) is 0 Å². The Morgan fingerprint density at radius 3 is 0.595 bits per heavy atom. The predicted octanol–water partition coefficient (Wildman–Crippen LogP) is 21.5. The Balaban J connectivity index is 0.789. The fourth-order valence-electron chi connectivity index (χ4n) is 10.6. The van der Waals surface area contributed by atoms with E-state index in [9.17, 15) is 0 Å². The molecule has 0 bridgehead atoms. The molecule has 0 radical (unpaired) electrons. The average Bonchev–Trinajstić information content (AvgIpc) is 3.57. The molecule has 12 rings (SSSR count). The zero-order chi connectivity index (χ0) is 53.2. The number of rotatable bonds is 17. The number of hydrogen-bond donors (Lipinski definition) is 0. The molecule has 4 heteroatoms. The largest absolute Gasteiger partial charge is 0.311 e. The van der Waals surface area contributed by atoms with Crippen molar-refractivity contribution in [1.29, 1.82) is 0 Å². The average molecular weight is 1020 g/mol. The maximum atomic E-state index is 2.38. The van der Waals surface area contributed by atoms with E-state index in [0.29, 0.717) is 0 Å². The second-order valence-electron chi connectivity index (χ2n) is 19.7. The molecule has 0 spiro atoms. The minimum atomic E-state index is 1.03. The summed E-state index contributed by atoms with van der Waals surface area (Å²) in [6.07, 6.45) is 2.12. The molecule has 0 aliphatic rings. The quantitative estimate of drug-likeness (QED) is 0.0901. The highest BCUT2D eigenvalue weighted by Gasteiger charge is 2.18. The lowest BCUT2D eigenvalue weighted by molar-refractivity contribution is 0.921. The van der Waals surface area contributed by atoms with Crippen LogP contribution in [0.3, 0.4) is 0 Å². The summed E-state index contributed by atoms with van der Waals surface area (Å²) in [5.41, 5.74) is 21.6. The number of nitrogens with zero attached hydrogens (tertiary/aromatic N) is 4. The summed E-state index contributed by atoms with van der Waals surface area (Å²) in [4.78, 5) is 9.29. The lowest BCUT2D eigenvalue weighted by atomic mass is 10.0. The molecular weight excluding hydrogens is 957 g/mol. The molecule has 0 amide bonds. The summed E-state index contributed by atoms with van der Waals surface area (Å²) in [5.74, 6) is 0. The highest BCUT2D eigenvalue weighted by Crippen LogP contribution is 2.42. The van der Waals surface area contributed by atoms with E-state index < -0.39 is 0 Å². The van der Waals surface area contributed by atoms with Crippen molar-refractivity contribution in [2.24, 2.45) is 0 Å². The fourth-order valence-corrected chi connectivity index (χ4v) is 10.6. The third kappa shape index (κ3) is 11.1. The molecule has 4 nitrogen and oxygen atoms in total. The number of hydrogen-bond acceptors (Lipinski definition) is 4. The first kappa shape index (κ1) is 49.7. The molecule has 0 aromatic heterocycles. The Kier molecular flexibility index (Phi) is 14.7. The Morgan fingerprint density at radius 2 is 0.380 bits per heavy atom. The van der Waals surface area contributed by atoms with Crippen LogP contribution in [-0.2, 0) is 6.42 Å². The van der Waals surface area contributed by atoms with Crippen LogP contribution in [0.5, 0.6) is 0 Å². The van der Waals surface area contributed by atoms with E-state index in [2.05, 4.69) is 348 Å². The fraction of sp³-hybridized carbons (Fsp3) is 0.0400. The summed E-state index contributed by atoms with van der Waals surface area (Å²) in [7, 11) is 0. The Morgan fingerprint density at radius 1 is 0.190 bits per heavy atom. The number of anilines is 12. The van der Waals surface area contributed by atoms with Gasteiger partial charge in [-0.15, -0.1) is 0 Å². The van der Waals surface area contributed by atoms with Gasteiger partial charge in [0.1, 0.15) is 0 Å².